The molecule has 0 amide bonds. The molecule has 0 saturated carbocycles. The van der Waals surface area contributed by atoms with Gasteiger partial charge < -0.3 is 14.9 Å². The van der Waals surface area contributed by atoms with Gasteiger partial charge in [0.25, 0.3) is 0 Å². The van der Waals surface area contributed by atoms with Crippen LogP contribution in [0, 0.1) is 5.92 Å². The van der Waals surface area contributed by atoms with Crippen molar-refractivity contribution < 1.29 is 19.7 Å². The van der Waals surface area contributed by atoms with Crippen LogP contribution in [0.4, 0.5) is 0 Å². The molecule has 0 aliphatic rings. The molecule has 1 rings (SSSR count). The summed E-state index contributed by atoms with van der Waals surface area (Å²) in [5.41, 5.74) is 0.115. The Hall–Kier alpha value is -1.97. The molecule has 4 heteroatoms. The Bertz CT molecular complexity index is 451. The number of hydrogen-bond donors (Lipinski definition) is 2. The Balaban J connectivity index is 3.22. The Kier molecular flexibility index (Phi) is 4.77. The first-order chi connectivity index (χ1) is 8.51. The van der Waals surface area contributed by atoms with Gasteiger partial charge in [0.05, 0.1) is 0 Å². The van der Waals surface area contributed by atoms with Gasteiger partial charge in [-0.3, -0.25) is 4.79 Å². The third-order valence-electron chi connectivity index (χ3n) is 2.73. The van der Waals surface area contributed by atoms with Gasteiger partial charge >= 0.3 is 0 Å². The van der Waals surface area contributed by atoms with Crippen molar-refractivity contribution in [1.29, 1.82) is 0 Å². The number of phenolic OH excluding ortho intramolecular Hbond substituents is 2. The summed E-state index contributed by atoms with van der Waals surface area (Å²) in [7, 11) is 0. The average Bonchev–Trinajstić information content (AvgIpc) is 2.33. The number of benzene rings is 1. The number of Topliss-reactive ketones (excluding diaryl/α,β-unsaturated/α-hetero) is 1. The van der Waals surface area contributed by atoms with Crippen molar-refractivity contribution in [2.75, 3.05) is 6.61 Å². The average molecular weight is 250 g/mol. The zero-order chi connectivity index (χ0) is 13.7. The lowest BCUT2D eigenvalue weighted by molar-refractivity contribution is 0.0920. The molecule has 0 spiro atoms. The number of carbonyl (C=O) groups is 1. The van der Waals surface area contributed by atoms with E-state index in [2.05, 4.69) is 6.58 Å². The maximum absolute atomic E-state index is 12.1. The Morgan fingerprint density at radius 3 is 2.72 bits per heavy atom. The molecule has 18 heavy (non-hydrogen) atoms. The molecular weight excluding hydrogens is 232 g/mol. The van der Waals surface area contributed by atoms with Gasteiger partial charge in [0.15, 0.2) is 5.78 Å². The third-order valence-corrected chi connectivity index (χ3v) is 2.73. The summed E-state index contributed by atoms with van der Waals surface area (Å²) in [5.74, 6) is -0.648. The highest BCUT2D eigenvalue weighted by Crippen LogP contribution is 2.35. The van der Waals surface area contributed by atoms with Crippen molar-refractivity contribution in [2.24, 2.45) is 5.92 Å². The predicted molar refractivity (Wildman–Crippen MR) is 69.2 cm³/mol. The minimum absolute atomic E-state index is 0.115. The van der Waals surface area contributed by atoms with Gasteiger partial charge in [0.1, 0.15) is 29.4 Å². The van der Waals surface area contributed by atoms with E-state index < -0.39 is 0 Å². The lowest BCUT2D eigenvalue weighted by Gasteiger charge is -2.14. The number of aromatic hydroxyl groups is 2. The molecule has 98 valence electrons. The van der Waals surface area contributed by atoms with Crippen molar-refractivity contribution >= 4 is 5.78 Å². The molecule has 0 unspecified atom stereocenters. The summed E-state index contributed by atoms with van der Waals surface area (Å²) in [6.07, 6.45) is 2.19. The second kappa shape index (κ2) is 6.10. The van der Waals surface area contributed by atoms with E-state index in [1.54, 1.807) is 6.92 Å². The molecule has 1 atom stereocenters. The van der Waals surface area contributed by atoms with Crippen LogP contribution in [0.2, 0.25) is 0 Å². The van der Waals surface area contributed by atoms with Crippen molar-refractivity contribution in [3.05, 3.63) is 30.4 Å². The highest BCUT2D eigenvalue weighted by atomic mass is 16.5. The second-order valence-corrected chi connectivity index (χ2v) is 4.11. The smallest absolute Gasteiger partial charge is 0.173 e. The molecular formula is C14H18O4. The molecule has 4 nitrogen and oxygen atoms in total. The van der Waals surface area contributed by atoms with Gasteiger partial charge in [-0.1, -0.05) is 26.5 Å². The van der Waals surface area contributed by atoms with E-state index >= 15 is 0 Å². The van der Waals surface area contributed by atoms with E-state index in [9.17, 15) is 15.0 Å². The summed E-state index contributed by atoms with van der Waals surface area (Å²) in [4.78, 5) is 12.1. The fourth-order valence-corrected chi connectivity index (χ4v) is 1.53. The molecule has 0 fully saturated rings. The first-order valence-electron chi connectivity index (χ1n) is 5.85. The standard InChI is InChI=1S/C14H18O4/c1-4-6-18-12-8-10(15)7-11(16)13(12)14(17)9(3)5-2/h4,7-9,15-16H,1,5-6H2,2-3H3/t9-/m0/s1. The zero-order valence-corrected chi connectivity index (χ0v) is 10.6. The summed E-state index contributed by atoms with van der Waals surface area (Å²) in [6, 6.07) is 2.45. The maximum Gasteiger partial charge on any atom is 0.173 e. The SMILES string of the molecule is C=CCOc1cc(O)cc(O)c1C(=O)[C@@H](C)CC. The van der Waals surface area contributed by atoms with Crippen LogP contribution >= 0.6 is 0 Å². The predicted octanol–water partition coefficient (Wildman–Crippen LogP) is 2.89. The molecule has 0 aliphatic heterocycles. The summed E-state index contributed by atoms with van der Waals surface area (Å²) in [5, 5.41) is 19.2. The quantitative estimate of drug-likeness (QED) is 0.601. The number of ether oxygens (including phenoxy) is 1. The maximum atomic E-state index is 12.1. The molecule has 1 aromatic carbocycles. The topological polar surface area (TPSA) is 66.8 Å². The Morgan fingerprint density at radius 1 is 1.50 bits per heavy atom. The number of ketones is 1. The molecule has 0 aromatic heterocycles. The van der Waals surface area contributed by atoms with E-state index in [0.29, 0.717) is 6.42 Å². The molecule has 2 N–H and O–H groups in total. The highest BCUT2D eigenvalue weighted by Gasteiger charge is 2.22. The van der Waals surface area contributed by atoms with Gasteiger partial charge in [-0.15, -0.1) is 0 Å². The van der Waals surface area contributed by atoms with E-state index in [1.165, 1.54) is 12.1 Å². The number of phenols is 2. The van der Waals surface area contributed by atoms with Crippen LogP contribution in [0.5, 0.6) is 17.2 Å². The van der Waals surface area contributed by atoms with Gasteiger partial charge in [0.2, 0.25) is 0 Å². The first kappa shape index (κ1) is 14.1. The molecule has 0 saturated heterocycles. The van der Waals surface area contributed by atoms with Gasteiger partial charge in [-0.25, -0.2) is 0 Å². The number of rotatable bonds is 6. The Labute approximate surface area is 107 Å². The summed E-state index contributed by atoms with van der Waals surface area (Å²) >= 11 is 0. The number of carbonyl (C=O) groups excluding carboxylic acids is 1. The van der Waals surface area contributed by atoms with Crippen LogP contribution in [-0.4, -0.2) is 22.6 Å². The monoisotopic (exact) mass is 250 g/mol. The Morgan fingerprint density at radius 2 is 2.17 bits per heavy atom. The second-order valence-electron chi connectivity index (χ2n) is 4.11. The number of hydrogen-bond acceptors (Lipinski definition) is 4. The lowest BCUT2D eigenvalue weighted by atomic mass is 9.95. The van der Waals surface area contributed by atoms with Gasteiger partial charge in [0, 0.05) is 18.1 Å². The van der Waals surface area contributed by atoms with Crippen molar-refractivity contribution in [2.45, 2.75) is 20.3 Å². The normalized spacial score (nSPS) is 11.9. The third kappa shape index (κ3) is 3.03. The van der Waals surface area contributed by atoms with Crippen molar-refractivity contribution in [3.63, 3.8) is 0 Å². The van der Waals surface area contributed by atoms with Crippen molar-refractivity contribution in [1.82, 2.24) is 0 Å². The minimum Gasteiger partial charge on any atom is -0.508 e. The van der Waals surface area contributed by atoms with Crippen LogP contribution in [0.25, 0.3) is 0 Å². The van der Waals surface area contributed by atoms with E-state index in [-0.39, 0.29) is 41.1 Å². The fraction of sp³-hybridized carbons (Fsp3) is 0.357. The zero-order valence-electron chi connectivity index (χ0n) is 10.6. The van der Waals surface area contributed by atoms with E-state index in [4.69, 9.17) is 4.74 Å². The summed E-state index contributed by atoms with van der Waals surface area (Å²) in [6.45, 7) is 7.39. The molecule has 0 bridgehead atoms. The molecule has 0 heterocycles. The largest absolute Gasteiger partial charge is 0.508 e. The lowest BCUT2D eigenvalue weighted by Crippen LogP contribution is -2.12. The molecule has 0 radical (unpaired) electrons. The summed E-state index contributed by atoms with van der Waals surface area (Å²) < 4.78 is 5.30. The van der Waals surface area contributed by atoms with Crippen LogP contribution in [0.3, 0.4) is 0 Å². The van der Waals surface area contributed by atoms with E-state index in [0.717, 1.165) is 6.07 Å². The van der Waals surface area contributed by atoms with Crippen LogP contribution in [-0.2, 0) is 0 Å². The molecule has 0 aliphatic carbocycles. The van der Waals surface area contributed by atoms with Crippen LogP contribution in [0.15, 0.2) is 24.8 Å². The van der Waals surface area contributed by atoms with Gasteiger partial charge in [-0.2, -0.15) is 0 Å². The molecule has 1 aromatic rings. The van der Waals surface area contributed by atoms with E-state index in [1.807, 2.05) is 6.92 Å². The van der Waals surface area contributed by atoms with Crippen molar-refractivity contribution in [3.8, 4) is 17.2 Å². The minimum atomic E-state index is -0.264. The fourth-order valence-electron chi connectivity index (χ4n) is 1.53. The van der Waals surface area contributed by atoms with Crippen LogP contribution < -0.4 is 4.74 Å². The van der Waals surface area contributed by atoms with Gasteiger partial charge in [-0.05, 0) is 6.42 Å². The van der Waals surface area contributed by atoms with Crippen LogP contribution in [0.1, 0.15) is 30.6 Å². The highest BCUT2D eigenvalue weighted by molar-refractivity contribution is 6.02. The first-order valence-corrected chi connectivity index (χ1v) is 5.85.